The second-order valence-electron chi connectivity index (χ2n) is 4.74. The SMILES string of the molecule is CC(C)c1ccc(Oc2ccc(S(=O)(=O)Cl)cc2)cc1. The highest BCUT2D eigenvalue weighted by Crippen LogP contribution is 2.25. The Hall–Kier alpha value is -1.52. The molecule has 0 fully saturated rings. The van der Waals surface area contributed by atoms with Crippen LogP contribution >= 0.6 is 10.7 Å². The van der Waals surface area contributed by atoms with Gasteiger partial charge in [-0.2, -0.15) is 0 Å². The number of halogens is 1. The summed E-state index contributed by atoms with van der Waals surface area (Å²) in [6.45, 7) is 4.25. The van der Waals surface area contributed by atoms with Crippen LogP contribution in [0.25, 0.3) is 0 Å². The van der Waals surface area contributed by atoms with E-state index in [0.717, 1.165) is 0 Å². The summed E-state index contributed by atoms with van der Waals surface area (Å²) < 4.78 is 27.9. The van der Waals surface area contributed by atoms with Crippen molar-refractivity contribution in [1.82, 2.24) is 0 Å². The Morgan fingerprint density at radius 3 is 1.75 bits per heavy atom. The second kappa shape index (κ2) is 5.85. The monoisotopic (exact) mass is 310 g/mol. The van der Waals surface area contributed by atoms with Crippen molar-refractivity contribution >= 4 is 19.7 Å². The third-order valence-electron chi connectivity index (χ3n) is 2.89. The van der Waals surface area contributed by atoms with Crippen LogP contribution in [0.1, 0.15) is 25.3 Å². The summed E-state index contributed by atoms with van der Waals surface area (Å²) in [7, 11) is 1.56. The van der Waals surface area contributed by atoms with Crippen molar-refractivity contribution in [2.45, 2.75) is 24.7 Å². The topological polar surface area (TPSA) is 43.4 Å². The number of benzene rings is 2. The Balaban J connectivity index is 2.14. The molecular weight excluding hydrogens is 296 g/mol. The quantitative estimate of drug-likeness (QED) is 0.779. The van der Waals surface area contributed by atoms with Gasteiger partial charge in [-0.25, -0.2) is 8.42 Å². The van der Waals surface area contributed by atoms with Crippen LogP contribution < -0.4 is 4.74 Å². The summed E-state index contributed by atoms with van der Waals surface area (Å²) >= 11 is 0. The molecule has 5 heteroatoms. The molecule has 20 heavy (non-hydrogen) atoms. The summed E-state index contributed by atoms with van der Waals surface area (Å²) in [6, 6.07) is 13.8. The van der Waals surface area contributed by atoms with Gasteiger partial charge in [0.25, 0.3) is 9.05 Å². The maximum Gasteiger partial charge on any atom is 0.261 e. The lowest BCUT2D eigenvalue weighted by molar-refractivity contribution is 0.482. The van der Waals surface area contributed by atoms with Crippen LogP contribution in [0.4, 0.5) is 0 Å². The van der Waals surface area contributed by atoms with Crippen LogP contribution in [0.15, 0.2) is 53.4 Å². The smallest absolute Gasteiger partial charge is 0.261 e. The summed E-state index contributed by atoms with van der Waals surface area (Å²) in [5, 5.41) is 0. The lowest BCUT2D eigenvalue weighted by Crippen LogP contribution is -1.91. The molecule has 0 bridgehead atoms. The lowest BCUT2D eigenvalue weighted by Gasteiger charge is -2.08. The fourth-order valence-electron chi connectivity index (χ4n) is 1.73. The largest absolute Gasteiger partial charge is 0.457 e. The number of ether oxygens (including phenoxy) is 1. The van der Waals surface area contributed by atoms with Crippen LogP contribution in [-0.4, -0.2) is 8.42 Å². The molecule has 0 radical (unpaired) electrons. The molecule has 0 unspecified atom stereocenters. The van der Waals surface area contributed by atoms with Gasteiger partial charge in [0.05, 0.1) is 4.90 Å². The van der Waals surface area contributed by atoms with Crippen molar-refractivity contribution in [3.05, 3.63) is 54.1 Å². The zero-order chi connectivity index (χ0) is 14.8. The molecule has 2 rings (SSSR count). The van der Waals surface area contributed by atoms with Crippen molar-refractivity contribution in [1.29, 1.82) is 0 Å². The van der Waals surface area contributed by atoms with E-state index in [0.29, 0.717) is 17.4 Å². The molecule has 0 atom stereocenters. The molecule has 3 nitrogen and oxygen atoms in total. The van der Waals surface area contributed by atoms with E-state index in [9.17, 15) is 8.42 Å². The van der Waals surface area contributed by atoms with Gasteiger partial charge in [0.15, 0.2) is 0 Å². The predicted octanol–water partition coefficient (Wildman–Crippen LogP) is 4.53. The Bertz CT molecular complexity index is 674. The number of hydrogen-bond donors (Lipinski definition) is 0. The van der Waals surface area contributed by atoms with Gasteiger partial charge in [0, 0.05) is 10.7 Å². The molecule has 0 aromatic heterocycles. The van der Waals surface area contributed by atoms with Gasteiger partial charge in [-0.3, -0.25) is 0 Å². The summed E-state index contributed by atoms with van der Waals surface area (Å²) in [5.74, 6) is 1.74. The molecule has 2 aromatic carbocycles. The molecule has 0 saturated heterocycles. The van der Waals surface area contributed by atoms with Crippen LogP contribution in [0.3, 0.4) is 0 Å². The van der Waals surface area contributed by atoms with Crippen molar-refractivity contribution in [3.8, 4) is 11.5 Å². The van der Waals surface area contributed by atoms with Gasteiger partial charge >= 0.3 is 0 Å². The van der Waals surface area contributed by atoms with Crippen LogP contribution in [0.2, 0.25) is 0 Å². The van der Waals surface area contributed by atoms with E-state index in [2.05, 4.69) is 13.8 Å². The minimum absolute atomic E-state index is 0.0571. The Morgan fingerprint density at radius 1 is 0.900 bits per heavy atom. The normalized spacial score (nSPS) is 11.6. The average molecular weight is 311 g/mol. The Kier molecular flexibility index (Phi) is 4.35. The van der Waals surface area contributed by atoms with Crippen LogP contribution in [0.5, 0.6) is 11.5 Å². The van der Waals surface area contributed by atoms with Gasteiger partial charge < -0.3 is 4.74 Å². The van der Waals surface area contributed by atoms with Crippen LogP contribution in [-0.2, 0) is 9.05 Å². The summed E-state index contributed by atoms with van der Waals surface area (Å²) in [4.78, 5) is 0.0571. The zero-order valence-electron chi connectivity index (χ0n) is 11.2. The molecule has 0 saturated carbocycles. The third kappa shape index (κ3) is 3.74. The van der Waals surface area contributed by atoms with E-state index in [1.165, 1.54) is 17.7 Å². The first kappa shape index (κ1) is 14.9. The first-order valence-corrected chi connectivity index (χ1v) is 8.50. The van der Waals surface area contributed by atoms with E-state index < -0.39 is 9.05 Å². The third-order valence-corrected chi connectivity index (χ3v) is 4.26. The second-order valence-corrected chi connectivity index (χ2v) is 7.30. The summed E-state index contributed by atoms with van der Waals surface area (Å²) in [6.07, 6.45) is 0. The van der Waals surface area contributed by atoms with Gasteiger partial charge in [-0.1, -0.05) is 26.0 Å². The molecule has 0 heterocycles. The lowest BCUT2D eigenvalue weighted by atomic mass is 10.0. The highest BCUT2D eigenvalue weighted by atomic mass is 35.7. The molecule has 0 amide bonds. The number of rotatable bonds is 4. The fraction of sp³-hybridized carbons (Fsp3) is 0.200. The van der Waals surface area contributed by atoms with E-state index >= 15 is 0 Å². The molecule has 0 spiro atoms. The molecule has 2 aromatic rings. The maximum absolute atomic E-state index is 11.1. The van der Waals surface area contributed by atoms with E-state index in [1.54, 1.807) is 12.1 Å². The minimum Gasteiger partial charge on any atom is -0.457 e. The summed E-state index contributed by atoms with van der Waals surface area (Å²) in [5.41, 5.74) is 1.24. The van der Waals surface area contributed by atoms with Crippen molar-refractivity contribution in [3.63, 3.8) is 0 Å². The maximum atomic E-state index is 11.1. The van der Waals surface area contributed by atoms with Gasteiger partial charge in [0.2, 0.25) is 0 Å². The van der Waals surface area contributed by atoms with E-state index in [4.69, 9.17) is 15.4 Å². The molecule has 106 valence electrons. The van der Waals surface area contributed by atoms with Gasteiger partial charge in [0.1, 0.15) is 11.5 Å². The highest BCUT2D eigenvalue weighted by molar-refractivity contribution is 8.13. The first-order valence-electron chi connectivity index (χ1n) is 6.19. The molecule has 0 aliphatic carbocycles. The molecular formula is C15H15ClO3S. The molecule has 0 aliphatic heterocycles. The average Bonchev–Trinajstić information content (AvgIpc) is 2.39. The van der Waals surface area contributed by atoms with Gasteiger partial charge in [-0.05, 0) is 47.9 Å². The molecule has 0 aliphatic rings. The number of hydrogen-bond acceptors (Lipinski definition) is 3. The van der Waals surface area contributed by atoms with Crippen molar-refractivity contribution in [2.24, 2.45) is 0 Å². The highest BCUT2D eigenvalue weighted by Gasteiger charge is 2.09. The van der Waals surface area contributed by atoms with Crippen LogP contribution in [0, 0.1) is 0 Å². The fourth-order valence-corrected chi connectivity index (χ4v) is 2.50. The Morgan fingerprint density at radius 2 is 1.35 bits per heavy atom. The first-order chi connectivity index (χ1) is 9.36. The standard InChI is InChI=1S/C15H15ClO3S/c1-11(2)12-3-5-13(6-4-12)19-14-7-9-15(10-8-14)20(16,17)18/h3-11H,1-2H3. The predicted molar refractivity (Wildman–Crippen MR) is 80.1 cm³/mol. The molecule has 0 N–H and O–H groups in total. The van der Waals surface area contributed by atoms with Crippen molar-refractivity contribution < 1.29 is 13.2 Å². The van der Waals surface area contributed by atoms with Crippen molar-refractivity contribution in [2.75, 3.05) is 0 Å². The van der Waals surface area contributed by atoms with Gasteiger partial charge in [-0.15, -0.1) is 0 Å². The van der Waals surface area contributed by atoms with E-state index in [-0.39, 0.29) is 4.90 Å². The zero-order valence-corrected chi connectivity index (χ0v) is 12.8. The minimum atomic E-state index is -3.69. The Labute approximate surface area is 123 Å². The van der Waals surface area contributed by atoms with E-state index in [1.807, 2.05) is 24.3 Å².